The molecule has 0 aromatic heterocycles. The van der Waals surface area contributed by atoms with Crippen LogP contribution in [0.4, 0.5) is 5.69 Å². The Morgan fingerprint density at radius 2 is 1.96 bits per heavy atom. The van der Waals surface area contributed by atoms with Crippen molar-refractivity contribution in [2.24, 2.45) is 11.8 Å². The van der Waals surface area contributed by atoms with Crippen molar-refractivity contribution in [3.05, 3.63) is 53.6 Å². The van der Waals surface area contributed by atoms with Crippen LogP contribution in [0.2, 0.25) is 0 Å². The van der Waals surface area contributed by atoms with Gasteiger partial charge >= 0.3 is 0 Å². The van der Waals surface area contributed by atoms with Crippen molar-refractivity contribution in [1.82, 2.24) is 0 Å². The number of hydrogen-bond acceptors (Lipinski definition) is 3. The second-order valence-corrected chi connectivity index (χ2v) is 7.80. The monoisotopic (exact) mass is 361 g/mol. The number of carbonyl (C=O) groups excluding carboxylic acids is 1. The van der Waals surface area contributed by atoms with Crippen LogP contribution < -0.4 is 14.8 Å². The van der Waals surface area contributed by atoms with E-state index in [0.29, 0.717) is 11.5 Å². The average Bonchev–Trinajstić information content (AvgIpc) is 3.37. The van der Waals surface area contributed by atoms with Crippen LogP contribution in [0.25, 0.3) is 11.6 Å². The molecule has 3 unspecified atom stereocenters. The van der Waals surface area contributed by atoms with E-state index in [-0.39, 0.29) is 12.0 Å². The molecular weight excluding hydrogens is 338 g/mol. The SMILES string of the molecule is COc1ccc(/C=C2\C(=O)Nc3ccccc32)cc1OC1CC2CCC1C2. The number of fused-ring (bicyclic) bond motifs is 3. The third-order valence-corrected chi connectivity index (χ3v) is 6.16. The molecule has 1 N–H and O–H groups in total. The lowest BCUT2D eigenvalue weighted by Crippen LogP contribution is -2.23. The predicted octanol–water partition coefficient (Wildman–Crippen LogP) is 4.76. The van der Waals surface area contributed by atoms with E-state index in [1.165, 1.54) is 19.3 Å². The number of methoxy groups -OCH3 is 1. The minimum absolute atomic E-state index is 0.0670. The fraction of sp³-hybridized carbons (Fsp3) is 0.348. The zero-order valence-electron chi connectivity index (χ0n) is 15.4. The average molecular weight is 361 g/mol. The Kier molecular flexibility index (Phi) is 3.92. The molecule has 2 aromatic rings. The zero-order valence-corrected chi connectivity index (χ0v) is 15.4. The molecule has 3 aliphatic rings. The molecule has 0 spiro atoms. The summed E-state index contributed by atoms with van der Waals surface area (Å²) < 4.78 is 11.9. The molecule has 5 rings (SSSR count). The van der Waals surface area contributed by atoms with Gasteiger partial charge in [0.2, 0.25) is 0 Å². The smallest absolute Gasteiger partial charge is 0.256 e. The highest BCUT2D eigenvalue weighted by Gasteiger charge is 2.41. The fourth-order valence-corrected chi connectivity index (χ4v) is 4.82. The molecule has 0 saturated heterocycles. The summed E-state index contributed by atoms with van der Waals surface area (Å²) in [5, 5.41) is 2.92. The number of hydrogen-bond donors (Lipinski definition) is 1. The zero-order chi connectivity index (χ0) is 18.4. The maximum atomic E-state index is 12.4. The third-order valence-electron chi connectivity index (χ3n) is 6.16. The Morgan fingerprint density at radius 3 is 2.74 bits per heavy atom. The number of amides is 1. The molecule has 4 heteroatoms. The molecule has 0 radical (unpaired) electrons. The molecule has 2 fully saturated rings. The number of nitrogens with one attached hydrogen (secondary N) is 1. The Bertz CT molecular complexity index is 933. The summed E-state index contributed by atoms with van der Waals surface area (Å²) in [6, 6.07) is 13.6. The second kappa shape index (κ2) is 6.45. The van der Waals surface area contributed by atoms with Gasteiger partial charge in [0.05, 0.1) is 7.11 Å². The van der Waals surface area contributed by atoms with Gasteiger partial charge in [-0.05, 0) is 67.4 Å². The molecule has 1 amide bonds. The standard InChI is InChI=1S/C23H23NO3/c1-26-20-9-7-15(11-18-17-4-2-3-5-19(17)24-23(18)25)13-22(20)27-21-12-14-6-8-16(21)10-14/h2-5,7,9,11,13-14,16,21H,6,8,10,12H2,1H3,(H,24,25)/b18-11-. The first-order valence-electron chi connectivity index (χ1n) is 9.68. The van der Waals surface area contributed by atoms with Gasteiger partial charge < -0.3 is 14.8 Å². The fourth-order valence-electron chi connectivity index (χ4n) is 4.82. The van der Waals surface area contributed by atoms with Gasteiger partial charge in [-0.1, -0.05) is 24.3 Å². The number of ether oxygens (including phenoxy) is 2. The van der Waals surface area contributed by atoms with Crippen LogP contribution in [-0.4, -0.2) is 19.1 Å². The van der Waals surface area contributed by atoms with Crippen molar-refractivity contribution < 1.29 is 14.3 Å². The lowest BCUT2D eigenvalue weighted by atomic mass is 9.97. The van der Waals surface area contributed by atoms with Gasteiger partial charge in [-0.25, -0.2) is 0 Å². The summed E-state index contributed by atoms with van der Waals surface area (Å²) in [5.41, 5.74) is 3.42. The van der Waals surface area contributed by atoms with Crippen LogP contribution in [0.15, 0.2) is 42.5 Å². The van der Waals surface area contributed by atoms with E-state index in [1.807, 2.05) is 48.5 Å². The molecule has 1 aliphatic heterocycles. The second-order valence-electron chi connectivity index (χ2n) is 7.80. The van der Waals surface area contributed by atoms with E-state index in [0.717, 1.165) is 40.7 Å². The number of para-hydroxylation sites is 1. The van der Waals surface area contributed by atoms with Gasteiger partial charge in [0, 0.05) is 16.8 Å². The molecule has 1 heterocycles. The minimum Gasteiger partial charge on any atom is -0.493 e. The Morgan fingerprint density at radius 1 is 1.07 bits per heavy atom. The van der Waals surface area contributed by atoms with Crippen molar-refractivity contribution in [3.63, 3.8) is 0 Å². The van der Waals surface area contributed by atoms with Crippen molar-refractivity contribution in [3.8, 4) is 11.5 Å². The maximum Gasteiger partial charge on any atom is 0.256 e. The highest BCUT2D eigenvalue weighted by Crippen LogP contribution is 2.47. The maximum absolute atomic E-state index is 12.4. The Labute approximate surface area is 159 Å². The van der Waals surface area contributed by atoms with Crippen molar-refractivity contribution >= 4 is 23.2 Å². The van der Waals surface area contributed by atoms with E-state index in [4.69, 9.17) is 9.47 Å². The Hall–Kier alpha value is -2.75. The number of benzene rings is 2. The molecule has 2 aromatic carbocycles. The minimum atomic E-state index is -0.0670. The van der Waals surface area contributed by atoms with Crippen LogP contribution in [0.1, 0.15) is 36.8 Å². The lowest BCUT2D eigenvalue weighted by Gasteiger charge is -2.24. The molecule has 3 atom stereocenters. The van der Waals surface area contributed by atoms with Gasteiger partial charge in [0.15, 0.2) is 11.5 Å². The molecule has 2 aliphatic carbocycles. The van der Waals surface area contributed by atoms with Gasteiger partial charge in [0.1, 0.15) is 6.10 Å². The van der Waals surface area contributed by atoms with Gasteiger partial charge in [-0.3, -0.25) is 4.79 Å². The molecular formula is C23H23NO3. The largest absolute Gasteiger partial charge is 0.493 e. The highest BCUT2D eigenvalue weighted by atomic mass is 16.5. The van der Waals surface area contributed by atoms with Gasteiger partial charge in [0.25, 0.3) is 5.91 Å². The summed E-state index contributed by atoms with van der Waals surface area (Å²) in [5.74, 6) is 2.96. The summed E-state index contributed by atoms with van der Waals surface area (Å²) in [4.78, 5) is 12.4. The Balaban J connectivity index is 1.46. The number of rotatable bonds is 4. The van der Waals surface area contributed by atoms with E-state index >= 15 is 0 Å². The van der Waals surface area contributed by atoms with E-state index in [2.05, 4.69) is 5.32 Å². The molecule has 2 bridgehead atoms. The first-order valence-corrected chi connectivity index (χ1v) is 9.68. The molecule has 2 saturated carbocycles. The van der Waals surface area contributed by atoms with Crippen LogP contribution >= 0.6 is 0 Å². The molecule has 138 valence electrons. The first-order chi connectivity index (χ1) is 13.2. The van der Waals surface area contributed by atoms with Gasteiger partial charge in [-0.15, -0.1) is 0 Å². The third kappa shape index (κ3) is 2.89. The van der Waals surface area contributed by atoms with Crippen LogP contribution in [0.5, 0.6) is 11.5 Å². The van der Waals surface area contributed by atoms with E-state index in [1.54, 1.807) is 7.11 Å². The van der Waals surface area contributed by atoms with E-state index < -0.39 is 0 Å². The van der Waals surface area contributed by atoms with Crippen LogP contribution in [0, 0.1) is 11.8 Å². The molecule has 4 nitrogen and oxygen atoms in total. The van der Waals surface area contributed by atoms with Crippen molar-refractivity contribution in [2.75, 3.05) is 12.4 Å². The first kappa shape index (κ1) is 16.4. The summed E-state index contributed by atoms with van der Waals surface area (Å²) in [6.45, 7) is 0. The summed E-state index contributed by atoms with van der Waals surface area (Å²) in [7, 11) is 1.67. The lowest BCUT2D eigenvalue weighted by molar-refractivity contribution is -0.110. The van der Waals surface area contributed by atoms with Crippen molar-refractivity contribution in [2.45, 2.75) is 31.8 Å². The normalized spacial score (nSPS) is 26.9. The number of anilines is 1. The van der Waals surface area contributed by atoms with Gasteiger partial charge in [-0.2, -0.15) is 0 Å². The van der Waals surface area contributed by atoms with Crippen molar-refractivity contribution in [1.29, 1.82) is 0 Å². The number of carbonyl (C=O) groups is 1. The van der Waals surface area contributed by atoms with Crippen LogP contribution in [-0.2, 0) is 4.79 Å². The quantitative estimate of drug-likeness (QED) is 0.799. The van der Waals surface area contributed by atoms with E-state index in [9.17, 15) is 4.79 Å². The summed E-state index contributed by atoms with van der Waals surface area (Å²) in [6.07, 6.45) is 7.29. The highest BCUT2D eigenvalue weighted by molar-refractivity contribution is 6.34. The topological polar surface area (TPSA) is 47.6 Å². The predicted molar refractivity (Wildman–Crippen MR) is 106 cm³/mol. The van der Waals surface area contributed by atoms with Crippen LogP contribution in [0.3, 0.4) is 0 Å². The summed E-state index contributed by atoms with van der Waals surface area (Å²) >= 11 is 0. The molecule has 27 heavy (non-hydrogen) atoms.